The second-order valence-electron chi connectivity index (χ2n) is 4.81. The van der Waals surface area contributed by atoms with Crippen LogP contribution in [0, 0.1) is 0 Å². The molecule has 2 heterocycles. The number of carbonyl (C=O) groups is 2. The monoisotopic (exact) mass is 277 g/mol. The molecule has 0 aromatic heterocycles. The van der Waals surface area contributed by atoms with Gasteiger partial charge in [0.25, 0.3) is 0 Å². The van der Waals surface area contributed by atoms with Gasteiger partial charge >= 0.3 is 6.16 Å². The molecular weight excluding hydrogens is 262 g/mol. The topological polar surface area (TPSA) is 65.1 Å². The molecule has 20 heavy (non-hydrogen) atoms. The van der Waals surface area contributed by atoms with Crippen LogP contribution in [0.3, 0.4) is 0 Å². The van der Waals surface area contributed by atoms with E-state index in [1.165, 1.54) is 0 Å². The summed E-state index contributed by atoms with van der Waals surface area (Å²) in [7, 11) is 1.60. The molecule has 0 spiro atoms. The van der Waals surface area contributed by atoms with Crippen LogP contribution in [0.2, 0.25) is 0 Å². The predicted molar refractivity (Wildman–Crippen MR) is 69.9 cm³/mol. The average Bonchev–Trinajstić information content (AvgIpc) is 2.98. The van der Waals surface area contributed by atoms with Gasteiger partial charge in [-0.25, -0.2) is 4.79 Å². The minimum absolute atomic E-state index is 0.0542. The summed E-state index contributed by atoms with van der Waals surface area (Å²) >= 11 is 0. The molecule has 0 radical (unpaired) electrons. The zero-order valence-electron chi connectivity index (χ0n) is 11.1. The van der Waals surface area contributed by atoms with Crippen LogP contribution < -0.4 is 9.64 Å². The lowest BCUT2D eigenvalue weighted by molar-refractivity contribution is -0.117. The van der Waals surface area contributed by atoms with Crippen LogP contribution in [0.5, 0.6) is 5.75 Å². The number of methoxy groups -OCH3 is 1. The van der Waals surface area contributed by atoms with Gasteiger partial charge in [0.2, 0.25) is 5.91 Å². The number of hydrogen-bond acceptors (Lipinski definition) is 5. The van der Waals surface area contributed by atoms with Gasteiger partial charge in [-0.2, -0.15) is 0 Å². The lowest BCUT2D eigenvalue weighted by atomic mass is 10.1. The fourth-order valence-corrected chi connectivity index (χ4v) is 2.51. The van der Waals surface area contributed by atoms with E-state index in [4.69, 9.17) is 14.2 Å². The van der Waals surface area contributed by atoms with E-state index in [2.05, 4.69) is 0 Å². The Kier molecular flexibility index (Phi) is 3.22. The molecule has 0 saturated carbocycles. The highest BCUT2D eigenvalue weighted by atomic mass is 16.8. The molecule has 1 aromatic rings. The Morgan fingerprint density at radius 2 is 2.25 bits per heavy atom. The van der Waals surface area contributed by atoms with Crippen molar-refractivity contribution in [3.8, 4) is 5.75 Å². The van der Waals surface area contributed by atoms with E-state index in [0.29, 0.717) is 19.4 Å². The summed E-state index contributed by atoms with van der Waals surface area (Å²) in [5.74, 6) is 0.801. The Hall–Kier alpha value is -2.24. The number of hydrogen-bond donors (Lipinski definition) is 0. The molecule has 106 valence electrons. The Morgan fingerprint density at radius 1 is 1.40 bits per heavy atom. The molecule has 0 unspecified atom stereocenters. The number of amides is 1. The van der Waals surface area contributed by atoms with Gasteiger partial charge in [0.15, 0.2) is 0 Å². The summed E-state index contributed by atoms with van der Waals surface area (Å²) in [6, 6.07) is 5.60. The molecule has 1 fully saturated rings. The zero-order valence-corrected chi connectivity index (χ0v) is 11.1. The smallest absolute Gasteiger partial charge is 0.497 e. The third-order valence-electron chi connectivity index (χ3n) is 3.54. The highest BCUT2D eigenvalue weighted by Crippen LogP contribution is 2.32. The molecule has 0 bridgehead atoms. The molecule has 0 N–H and O–H groups in total. The third kappa shape index (κ3) is 2.29. The van der Waals surface area contributed by atoms with Crippen LogP contribution in [0.25, 0.3) is 0 Å². The molecule has 1 atom stereocenters. The number of rotatable bonds is 4. The number of benzene rings is 1. The summed E-state index contributed by atoms with van der Waals surface area (Å²) in [4.78, 5) is 24.6. The number of ether oxygens (including phenoxy) is 3. The minimum Gasteiger partial charge on any atom is -0.497 e. The summed E-state index contributed by atoms with van der Waals surface area (Å²) < 4.78 is 14.8. The second kappa shape index (κ2) is 5.03. The normalized spacial score (nSPS) is 20.6. The minimum atomic E-state index is -0.632. The van der Waals surface area contributed by atoms with Crippen LogP contribution in [0.4, 0.5) is 10.5 Å². The molecule has 6 heteroatoms. The van der Waals surface area contributed by atoms with Gasteiger partial charge < -0.3 is 19.1 Å². The Bertz CT molecular complexity index is 556. The SMILES string of the molecule is COc1ccc2c(c1)CC(=O)N2CC[C@H]1COC(=O)O1. The highest BCUT2D eigenvalue weighted by Gasteiger charge is 2.30. The maximum Gasteiger partial charge on any atom is 0.508 e. The van der Waals surface area contributed by atoms with Crippen molar-refractivity contribution in [2.24, 2.45) is 0 Å². The highest BCUT2D eigenvalue weighted by molar-refractivity contribution is 6.01. The molecular formula is C14H15NO5. The van der Waals surface area contributed by atoms with E-state index in [1.807, 2.05) is 18.2 Å². The first kappa shape index (κ1) is 12.8. The Labute approximate surface area is 116 Å². The summed E-state index contributed by atoms with van der Waals surface area (Å²) in [6.45, 7) is 0.774. The molecule has 2 aliphatic rings. The summed E-state index contributed by atoms with van der Waals surface area (Å²) in [5.41, 5.74) is 1.87. The quantitative estimate of drug-likeness (QED) is 0.780. The molecule has 6 nitrogen and oxygen atoms in total. The maximum atomic E-state index is 12.0. The first-order valence-electron chi connectivity index (χ1n) is 6.48. The fraction of sp³-hybridized carbons (Fsp3) is 0.429. The van der Waals surface area contributed by atoms with E-state index >= 15 is 0 Å². The summed E-state index contributed by atoms with van der Waals surface area (Å²) in [6.07, 6.45) is 0.0571. The fourth-order valence-electron chi connectivity index (χ4n) is 2.51. The van der Waals surface area contributed by atoms with Crippen LogP contribution in [0.1, 0.15) is 12.0 Å². The molecule has 1 saturated heterocycles. The van der Waals surface area contributed by atoms with Crippen molar-refractivity contribution >= 4 is 17.7 Å². The maximum absolute atomic E-state index is 12.0. The summed E-state index contributed by atoms with van der Waals surface area (Å²) in [5, 5.41) is 0. The van der Waals surface area contributed by atoms with Gasteiger partial charge in [0.1, 0.15) is 18.5 Å². The van der Waals surface area contributed by atoms with Gasteiger partial charge in [0.05, 0.1) is 13.5 Å². The van der Waals surface area contributed by atoms with E-state index < -0.39 is 6.16 Å². The number of carbonyl (C=O) groups excluding carboxylic acids is 2. The number of anilines is 1. The third-order valence-corrected chi connectivity index (χ3v) is 3.54. The molecule has 0 aliphatic carbocycles. The molecule has 2 aliphatic heterocycles. The molecule has 1 aromatic carbocycles. The predicted octanol–water partition coefficient (Wildman–Crippen LogP) is 1.51. The van der Waals surface area contributed by atoms with E-state index in [0.717, 1.165) is 17.0 Å². The first-order chi connectivity index (χ1) is 9.67. The largest absolute Gasteiger partial charge is 0.508 e. The lowest BCUT2D eigenvalue weighted by Crippen LogP contribution is -2.30. The van der Waals surface area contributed by atoms with Crippen LogP contribution in [0.15, 0.2) is 18.2 Å². The van der Waals surface area contributed by atoms with Crippen molar-refractivity contribution in [1.82, 2.24) is 0 Å². The first-order valence-corrected chi connectivity index (χ1v) is 6.48. The second-order valence-corrected chi connectivity index (χ2v) is 4.81. The van der Waals surface area contributed by atoms with Crippen molar-refractivity contribution in [1.29, 1.82) is 0 Å². The molecule has 1 amide bonds. The Morgan fingerprint density at radius 3 is 2.95 bits per heavy atom. The number of nitrogens with zero attached hydrogens (tertiary/aromatic N) is 1. The van der Waals surface area contributed by atoms with Gasteiger partial charge in [-0.05, 0) is 23.8 Å². The lowest BCUT2D eigenvalue weighted by Gasteiger charge is -2.18. The van der Waals surface area contributed by atoms with Gasteiger partial charge in [-0.1, -0.05) is 0 Å². The van der Waals surface area contributed by atoms with Crippen molar-refractivity contribution in [3.63, 3.8) is 0 Å². The van der Waals surface area contributed by atoms with E-state index in [-0.39, 0.29) is 18.6 Å². The standard InChI is InChI=1S/C14H15NO5/c1-18-10-2-3-12-9(6-10)7-13(16)15(12)5-4-11-8-19-14(17)20-11/h2-3,6,11H,4-5,7-8H2,1H3/t11-/m0/s1. The zero-order chi connectivity index (χ0) is 14.1. The van der Waals surface area contributed by atoms with E-state index in [1.54, 1.807) is 12.0 Å². The van der Waals surface area contributed by atoms with Gasteiger partial charge in [0, 0.05) is 18.7 Å². The van der Waals surface area contributed by atoms with E-state index in [9.17, 15) is 9.59 Å². The Balaban J connectivity index is 1.69. The van der Waals surface area contributed by atoms with Crippen molar-refractivity contribution in [2.75, 3.05) is 25.2 Å². The van der Waals surface area contributed by atoms with Crippen LogP contribution >= 0.6 is 0 Å². The number of fused-ring (bicyclic) bond motifs is 1. The van der Waals surface area contributed by atoms with Crippen molar-refractivity contribution in [3.05, 3.63) is 23.8 Å². The number of cyclic esters (lactones) is 2. The van der Waals surface area contributed by atoms with Gasteiger partial charge in [-0.3, -0.25) is 4.79 Å². The average molecular weight is 277 g/mol. The van der Waals surface area contributed by atoms with Crippen LogP contribution in [-0.4, -0.2) is 38.4 Å². The van der Waals surface area contributed by atoms with Gasteiger partial charge in [-0.15, -0.1) is 0 Å². The van der Waals surface area contributed by atoms with Crippen molar-refractivity contribution in [2.45, 2.75) is 18.9 Å². The molecule has 3 rings (SSSR count). The van der Waals surface area contributed by atoms with Crippen LogP contribution in [-0.2, 0) is 20.7 Å². The van der Waals surface area contributed by atoms with Crippen molar-refractivity contribution < 1.29 is 23.8 Å².